The van der Waals surface area contributed by atoms with E-state index in [2.05, 4.69) is 15.0 Å². The number of H-pyrrole nitrogens is 1. The Morgan fingerprint density at radius 2 is 2.20 bits per heavy atom. The molecule has 0 aliphatic heterocycles. The second kappa shape index (κ2) is 3.35. The van der Waals surface area contributed by atoms with Crippen LogP contribution in [0.25, 0.3) is 11.4 Å². The van der Waals surface area contributed by atoms with Gasteiger partial charge < -0.3 is 4.98 Å². The van der Waals surface area contributed by atoms with Crippen LogP contribution in [0.4, 0.5) is 0 Å². The summed E-state index contributed by atoms with van der Waals surface area (Å²) in [7, 11) is 0. The highest BCUT2D eigenvalue weighted by atomic mass is 35.5. The molecule has 0 amide bonds. The van der Waals surface area contributed by atoms with Crippen LogP contribution in [-0.4, -0.2) is 15.0 Å². The highest BCUT2D eigenvalue weighted by Gasteiger charge is 2.27. The Morgan fingerprint density at radius 1 is 1.33 bits per heavy atom. The molecule has 1 N–H and O–H groups in total. The minimum Gasteiger partial charge on any atom is -0.360 e. The molecule has 1 aliphatic rings. The molecule has 1 fully saturated rings. The molecule has 2 heterocycles. The van der Waals surface area contributed by atoms with Gasteiger partial charge in [-0.15, -0.1) is 0 Å². The van der Waals surface area contributed by atoms with E-state index in [4.69, 9.17) is 11.6 Å². The molecule has 76 valence electrons. The van der Waals surface area contributed by atoms with Crippen molar-refractivity contribution in [3.63, 3.8) is 0 Å². The zero-order valence-corrected chi connectivity index (χ0v) is 8.83. The maximum Gasteiger partial charge on any atom is 0.133 e. The second-order valence-electron chi connectivity index (χ2n) is 3.79. The first-order valence-corrected chi connectivity index (χ1v) is 5.39. The van der Waals surface area contributed by atoms with Crippen LogP contribution in [0.2, 0.25) is 5.15 Å². The van der Waals surface area contributed by atoms with Gasteiger partial charge in [-0.2, -0.15) is 0 Å². The van der Waals surface area contributed by atoms with E-state index in [0.717, 1.165) is 17.2 Å². The maximum atomic E-state index is 5.97. The Kier molecular flexibility index (Phi) is 1.99. The van der Waals surface area contributed by atoms with Gasteiger partial charge in [0.05, 0.1) is 11.4 Å². The molecule has 2 aromatic rings. The van der Waals surface area contributed by atoms with Crippen molar-refractivity contribution in [1.29, 1.82) is 0 Å². The summed E-state index contributed by atoms with van der Waals surface area (Å²) in [6, 6.07) is 5.72. The van der Waals surface area contributed by atoms with Gasteiger partial charge in [0, 0.05) is 18.2 Å². The van der Waals surface area contributed by atoms with Crippen molar-refractivity contribution in [2.75, 3.05) is 0 Å². The number of halogens is 1. The first-order valence-electron chi connectivity index (χ1n) is 5.01. The smallest absolute Gasteiger partial charge is 0.133 e. The van der Waals surface area contributed by atoms with Gasteiger partial charge in [0.25, 0.3) is 0 Å². The number of rotatable bonds is 2. The SMILES string of the molecule is Clc1cc(-c2ccc[nH]2)nc(C2CC2)n1. The minimum atomic E-state index is 0.525. The molecule has 0 unspecified atom stereocenters. The monoisotopic (exact) mass is 219 g/mol. The predicted octanol–water partition coefficient (Wildman–Crippen LogP) is 3.00. The maximum absolute atomic E-state index is 5.97. The molecule has 3 rings (SSSR count). The van der Waals surface area contributed by atoms with E-state index in [1.54, 1.807) is 6.07 Å². The molecule has 0 bridgehead atoms. The standard InChI is InChI=1S/C11H10ClN3/c12-10-6-9(8-2-1-5-13-8)14-11(15-10)7-3-4-7/h1-2,5-7,13H,3-4H2. The summed E-state index contributed by atoms with van der Waals surface area (Å²) >= 11 is 5.97. The molecule has 15 heavy (non-hydrogen) atoms. The van der Waals surface area contributed by atoms with Crippen molar-refractivity contribution in [2.45, 2.75) is 18.8 Å². The van der Waals surface area contributed by atoms with E-state index in [1.165, 1.54) is 12.8 Å². The van der Waals surface area contributed by atoms with E-state index in [9.17, 15) is 0 Å². The normalized spacial score (nSPS) is 15.5. The third kappa shape index (κ3) is 1.75. The molecule has 3 nitrogen and oxygen atoms in total. The van der Waals surface area contributed by atoms with Gasteiger partial charge >= 0.3 is 0 Å². The summed E-state index contributed by atoms with van der Waals surface area (Å²) in [6.07, 6.45) is 4.25. The van der Waals surface area contributed by atoms with Gasteiger partial charge in [0.1, 0.15) is 11.0 Å². The van der Waals surface area contributed by atoms with Crippen molar-refractivity contribution in [2.24, 2.45) is 0 Å². The molecule has 0 aromatic carbocycles. The van der Waals surface area contributed by atoms with Crippen LogP contribution in [0, 0.1) is 0 Å². The van der Waals surface area contributed by atoms with E-state index < -0.39 is 0 Å². The van der Waals surface area contributed by atoms with Gasteiger partial charge in [-0.1, -0.05) is 11.6 Å². The van der Waals surface area contributed by atoms with Gasteiger partial charge in [0.15, 0.2) is 0 Å². The van der Waals surface area contributed by atoms with E-state index in [1.807, 2.05) is 18.3 Å². The summed E-state index contributed by atoms with van der Waals surface area (Å²) in [4.78, 5) is 11.9. The summed E-state index contributed by atoms with van der Waals surface area (Å²) < 4.78 is 0. The minimum absolute atomic E-state index is 0.525. The first kappa shape index (κ1) is 8.92. The van der Waals surface area contributed by atoms with Crippen LogP contribution in [0.3, 0.4) is 0 Å². The zero-order chi connectivity index (χ0) is 10.3. The summed E-state index contributed by atoms with van der Waals surface area (Å²) in [6.45, 7) is 0. The fourth-order valence-electron chi connectivity index (χ4n) is 1.59. The molecule has 0 saturated heterocycles. The molecule has 0 spiro atoms. The molecular weight excluding hydrogens is 210 g/mol. The van der Waals surface area contributed by atoms with Gasteiger partial charge in [-0.05, 0) is 25.0 Å². The average molecular weight is 220 g/mol. The first-order chi connectivity index (χ1) is 7.33. The van der Waals surface area contributed by atoms with Crippen molar-refractivity contribution in [3.05, 3.63) is 35.4 Å². The van der Waals surface area contributed by atoms with Crippen molar-refractivity contribution in [1.82, 2.24) is 15.0 Å². The fraction of sp³-hybridized carbons (Fsp3) is 0.273. The molecule has 4 heteroatoms. The summed E-state index contributed by atoms with van der Waals surface area (Å²) in [5, 5.41) is 0.525. The van der Waals surface area contributed by atoms with Crippen molar-refractivity contribution < 1.29 is 0 Å². The van der Waals surface area contributed by atoms with Crippen LogP contribution in [0.15, 0.2) is 24.4 Å². The Labute approximate surface area is 92.5 Å². The quantitative estimate of drug-likeness (QED) is 0.789. The average Bonchev–Trinajstić information content (AvgIpc) is 2.93. The van der Waals surface area contributed by atoms with Crippen LogP contribution in [0.5, 0.6) is 0 Å². The Morgan fingerprint density at radius 3 is 2.87 bits per heavy atom. The lowest BCUT2D eigenvalue weighted by Crippen LogP contribution is -1.95. The molecule has 1 saturated carbocycles. The number of aromatic nitrogens is 3. The second-order valence-corrected chi connectivity index (χ2v) is 4.18. The molecule has 0 atom stereocenters. The number of nitrogens with one attached hydrogen (secondary N) is 1. The Balaban J connectivity index is 2.07. The third-order valence-corrected chi connectivity index (χ3v) is 2.72. The molecule has 2 aromatic heterocycles. The summed E-state index contributed by atoms with van der Waals surface area (Å²) in [5.41, 5.74) is 1.86. The highest BCUT2D eigenvalue weighted by molar-refractivity contribution is 6.29. The third-order valence-electron chi connectivity index (χ3n) is 2.53. The van der Waals surface area contributed by atoms with Crippen molar-refractivity contribution in [3.8, 4) is 11.4 Å². The van der Waals surface area contributed by atoms with E-state index >= 15 is 0 Å². The number of aromatic amines is 1. The van der Waals surface area contributed by atoms with Crippen LogP contribution in [-0.2, 0) is 0 Å². The zero-order valence-electron chi connectivity index (χ0n) is 8.07. The number of nitrogens with zero attached hydrogens (tertiary/aromatic N) is 2. The number of hydrogen-bond acceptors (Lipinski definition) is 2. The molecular formula is C11H10ClN3. The molecule has 0 radical (unpaired) electrons. The lowest BCUT2D eigenvalue weighted by atomic mass is 10.3. The molecule has 1 aliphatic carbocycles. The lowest BCUT2D eigenvalue weighted by molar-refractivity contribution is 0.929. The van der Waals surface area contributed by atoms with Crippen LogP contribution >= 0.6 is 11.6 Å². The highest BCUT2D eigenvalue weighted by Crippen LogP contribution is 2.39. The topological polar surface area (TPSA) is 41.6 Å². The number of hydrogen-bond donors (Lipinski definition) is 1. The fourth-order valence-corrected chi connectivity index (χ4v) is 1.78. The van der Waals surface area contributed by atoms with Gasteiger partial charge in [-0.3, -0.25) is 0 Å². The van der Waals surface area contributed by atoms with Gasteiger partial charge in [0.2, 0.25) is 0 Å². The van der Waals surface area contributed by atoms with Gasteiger partial charge in [-0.25, -0.2) is 9.97 Å². The van der Waals surface area contributed by atoms with Crippen molar-refractivity contribution >= 4 is 11.6 Å². The predicted molar refractivity (Wildman–Crippen MR) is 58.8 cm³/mol. The lowest BCUT2D eigenvalue weighted by Gasteiger charge is -2.02. The largest absolute Gasteiger partial charge is 0.360 e. The Bertz CT molecular complexity index is 475. The van der Waals surface area contributed by atoms with Crippen LogP contribution in [0.1, 0.15) is 24.6 Å². The Hall–Kier alpha value is -1.35. The van der Waals surface area contributed by atoms with E-state index in [0.29, 0.717) is 11.1 Å². The summed E-state index contributed by atoms with van der Waals surface area (Å²) in [5.74, 6) is 1.41. The van der Waals surface area contributed by atoms with E-state index in [-0.39, 0.29) is 0 Å². The van der Waals surface area contributed by atoms with Crippen LogP contribution < -0.4 is 0 Å².